The topological polar surface area (TPSA) is 138 Å². The molecule has 0 unspecified atom stereocenters. The van der Waals surface area contributed by atoms with Gasteiger partial charge in [-0.3, -0.25) is 4.79 Å². The lowest BCUT2D eigenvalue weighted by Gasteiger charge is -2.21. The molecule has 0 fully saturated rings. The number of hydrogen-bond acceptors (Lipinski definition) is 7. The number of amides is 1. The molecule has 4 aromatic rings. The molecule has 10 nitrogen and oxygen atoms in total. The molecule has 0 radical (unpaired) electrons. The summed E-state index contributed by atoms with van der Waals surface area (Å²) >= 11 is 5.81. The first-order valence-electron chi connectivity index (χ1n) is 12.8. The van der Waals surface area contributed by atoms with Gasteiger partial charge in [-0.1, -0.05) is 59.6 Å². The van der Waals surface area contributed by atoms with Crippen molar-refractivity contribution in [1.82, 2.24) is 14.5 Å². The molecular formula is C29H29ClN4O6S2. The van der Waals surface area contributed by atoms with Gasteiger partial charge < -0.3 is 4.42 Å². The minimum Gasteiger partial charge on any atom is -0.459 e. The number of hydrogen-bond donors (Lipinski definition) is 2. The molecule has 220 valence electrons. The predicted octanol–water partition coefficient (Wildman–Crippen LogP) is 4.10. The average molecular weight is 629 g/mol. The molecular weight excluding hydrogens is 600 g/mol. The zero-order valence-electron chi connectivity index (χ0n) is 22.6. The van der Waals surface area contributed by atoms with Crippen LogP contribution in [0.5, 0.6) is 0 Å². The molecule has 0 aliphatic rings. The van der Waals surface area contributed by atoms with Crippen LogP contribution >= 0.6 is 11.6 Å². The lowest BCUT2D eigenvalue weighted by atomic mass is 10.1. The Morgan fingerprint density at radius 3 is 2.26 bits per heavy atom. The third-order valence-corrected chi connectivity index (χ3v) is 9.62. The zero-order valence-corrected chi connectivity index (χ0v) is 25.0. The van der Waals surface area contributed by atoms with Gasteiger partial charge >= 0.3 is 0 Å². The number of benzene rings is 3. The van der Waals surface area contributed by atoms with Crippen LogP contribution in [0.3, 0.4) is 0 Å². The van der Waals surface area contributed by atoms with Gasteiger partial charge in [0.05, 0.1) is 29.1 Å². The van der Waals surface area contributed by atoms with Crippen LogP contribution in [-0.4, -0.2) is 46.4 Å². The van der Waals surface area contributed by atoms with Crippen LogP contribution < -0.4 is 10.1 Å². The summed E-state index contributed by atoms with van der Waals surface area (Å²) in [4.78, 5) is 12.9. The number of rotatable bonds is 13. The molecule has 0 saturated carbocycles. The highest BCUT2D eigenvalue weighted by molar-refractivity contribution is 7.89. The van der Waals surface area contributed by atoms with Gasteiger partial charge in [0.15, 0.2) is 0 Å². The number of carbonyl (C=O) groups is 1. The Morgan fingerprint density at radius 1 is 0.905 bits per heavy atom. The van der Waals surface area contributed by atoms with E-state index in [2.05, 4.69) is 15.2 Å². The molecule has 0 atom stereocenters. The largest absolute Gasteiger partial charge is 0.459 e. The van der Waals surface area contributed by atoms with E-state index in [4.69, 9.17) is 16.0 Å². The lowest BCUT2D eigenvalue weighted by Crippen LogP contribution is -2.40. The Hall–Kier alpha value is -3.81. The number of nitrogens with zero attached hydrogens (tertiary/aromatic N) is 2. The quantitative estimate of drug-likeness (QED) is 0.169. The van der Waals surface area contributed by atoms with E-state index < -0.39 is 32.5 Å². The summed E-state index contributed by atoms with van der Waals surface area (Å²) in [6.07, 6.45) is 1.65. The van der Waals surface area contributed by atoms with E-state index in [0.717, 1.165) is 15.4 Å². The van der Waals surface area contributed by atoms with E-state index >= 15 is 0 Å². The maximum absolute atomic E-state index is 13.4. The van der Waals surface area contributed by atoms with Crippen LogP contribution in [0.15, 0.2) is 110 Å². The monoisotopic (exact) mass is 628 g/mol. The highest BCUT2D eigenvalue weighted by atomic mass is 35.5. The fourth-order valence-electron chi connectivity index (χ4n) is 3.83. The number of furan rings is 1. The highest BCUT2D eigenvalue weighted by Crippen LogP contribution is 2.18. The predicted molar refractivity (Wildman–Crippen MR) is 160 cm³/mol. The molecule has 0 spiro atoms. The number of aryl methyl sites for hydroxylation is 1. The van der Waals surface area contributed by atoms with Crippen molar-refractivity contribution in [3.05, 3.63) is 119 Å². The smallest absolute Gasteiger partial charge is 0.255 e. The Labute approximate surface area is 250 Å². The third kappa shape index (κ3) is 8.60. The minimum absolute atomic E-state index is 0.0603. The summed E-state index contributed by atoms with van der Waals surface area (Å²) in [7, 11) is -7.73. The SMILES string of the molecule is Cc1ccc(S(=O)(=O)N(CCc2ccccc2)CC(=O)N/N=C\c2ccc(CNS(=O)(=O)c3ccc(Cl)cc3)o2)cc1. The minimum atomic E-state index is -3.96. The average Bonchev–Trinajstić information content (AvgIpc) is 3.43. The number of nitrogens with one attached hydrogen (secondary N) is 2. The van der Waals surface area contributed by atoms with Gasteiger partial charge in [0.2, 0.25) is 20.0 Å². The first-order chi connectivity index (χ1) is 20.0. The molecule has 0 aliphatic carbocycles. The molecule has 4 rings (SSSR count). The van der Waals surface area contributed by atoms with E-state index in [0.29, 0.717) is 17.2 Å². The van der Waals surface area contributed by atoms with Crippen LogP contribution in [0.1, 0.15) is 22.6 Å². The zero-order chi connectivity index (χ0) is 30.2. The second-order valence-electron chi connectivity index (χ2n) is 9.26. The molecule has 2 N–H and O–H groups in total. The molecule has 1 amide bonds. The van der Waals surface area contributed by atoms with E-state index in [1.165, 1.54) is 42.6 Å². The van der Waals surface area contributed by atoms with Gasteiger partial charge in [0, 0.05) is 11.6 Å². The van der Waals surface area contributed by atoms with Gasteiger partial charge in [-0.25, -0.2) is 27.0 Å². The fraction of sp³-hybridized carbons (Fsp3) is 0.172. The summed E-state index contributed by atoms with van der Waals surface area (Å²) in [6, 6.07) is 24.7. The van der Waals surface area contributed by atoms with E-state index in [-0.39, 0.29) is 28.6 Å². The van der Waals surface area contributed by atoms with Gasteiger partial charge in [-0.15, -0.1) is 0 Å². The highest BCUT2D eigenvalue weighted by Gasteiger charge is 2.26. The van der Waals surface area contributed by atoms with Crippen LogP contribution in [0, 0.1) is 6.92 Å². The molecule has 1 heterocycles. The number of carbonyl (C=O) groups excluding carboxylic acids is 1. The summed E-state index contributed by atoms with van der Waals surface area (Å²) < 4.78 is 60.7. The third-order valence-electron chi connectivity index (χ3n) is 6.10. The summed E-state index contributed by atoms with van der Waals surface area (Å²) in [5.41, 5.74) is 4.17. The number of sulfonamides is 2. The van der Waals surface area contributed by atoms with Crippen LogP contribution in [0.25, 0.3) is 0 Å². The van der Waals surface area contributed by atoms with Crippen LogP contribution in [0.4, 0.5) is 0 Å². The first kappa shape index (κ1) is 31.1. The summed E-state index contributed by atoms with van der Waals surface area (Å²) in [5.74, 6) is -0.0710. The molecule has 0 saturated heterocycles. The van der Waals surface area contributed by atoms with Crippen molar-refractivity contribution in [1.29, 1.82) is 0 Å². The van der Waals surface area contributed by atoms with E-state index in [9.17, 15) is 21.6 Å². The Morgan fingerprint density at radius 2 is 1.57 bits per heavy atom. The summed E-state index contributed by atoms with van der Waals surface area (Å²) in [5, 5.41) is 4.29. The second-order valence-corrected chi connectivity index (χ2v) is 13.4. The van der Waals surface area contributed by atoms with Gasteiger partial charge in [-0.2, -0.15) is 9.41 Å². The van der Waals surface area contributed by atoms with Gasteiger partial charge in [0.1, 0.15) is 11.5 Å². The maximum Gasteiger partial charge on any atom is 0.255 e. The van der Waals surface area contributed by atoms with Crippen LogP contribution in [0.2, 0.25) is 5.02 Å². The van der Waals surface area contributed by atoms with Crippen molar-refractivity contribution in [3.63, 3.8) is 0 Å². The Balaban J connectivity index is 1.36. The van der Waals surface area contributed by atoms with Crippen LogP contribution in [-0.2, 0) is 37.8 Å². The molecule has 3 aromatic carbocycles. The standard InChI is InChI=1S/C29H29ClN4O6S2/c1-22-7-13-28(14-8-22)42(38,39)34(18-17-23-5-3-2-4-6-23)21-29(35)33-31-19-25-11-12-26(40-25)20-32-41(36,37)27-15-9-24(30)10-16-27/h2-16,19,32H,17-18,20-21H2,1H3,(H,33,35)/b31-19-. The normalized spacial score (nSPS) is 12.2. The van der Waals surface area contributed by atoms with Gasteiger partial charge in [0.25, 0.3) is 5.91 Å². The van der Waals surface area contributed by atoms with Crippen molar-refractivity contribution in [2.45, 2.75) is 29.7 Å². The van der Waals surface area contributed by atoms with Gasteiger partial charge in [-0.05, 0) is 67.4 Å². The molecule has 1 aromatic heterocycles. The Bertz CT molecular complexity index is 1740. The van der Waals surface area contributed by atoms with Crippen molar-refractivity contribution in [2.24, 2.45) is 5.10 Å². The van der Waals surface area contributed by atoms with E-state index in [1.54, 1.807) is 24.3 Å². The first-order valence-corrected chi connectivity index (χ1v) is 16.1. The lowest BCUT2D eigenvalue weighted by molar-refractivity contribution is -0.121. The van der Waals surface area contributed by atoms with Crippen molar-refractivity contribution in [2.75, 3.05) is 13.1 Å². The van der Waals surface area contributed by atoms with Crippen molar-refractivity contribution < 1.29 is 26.0 Å². The molecule has 42 heavy (non-hydrogen) atoms. The molecule has 0 bridgehead atoms. The number of halogens is 1. The fourth-order valence-corrected chi connectivity index (χ4v) is 6.34. The number of hydrazone groups is 1. The van der Waals surface area contributed by atoms with E-state index in [1.807, 2.05) is 37.3 Å². The van der Waals surface area contributed by atoms with Crippen molar-refractivity contribution >= 4 is 43.8 Å². The van der Waals surface area contributed by atoms with Crippen molar-refractivity contribution in [3.8, 4) is 0 Å². The molecule has 13 heteroatoms. The summed E-state index contributed by atoms with van der Waals surface area (Å²) in [6.45, 7) is 1.39. The molecule has 0 aliphatic heterocycles. The Kier molecular flexibility index (Phi) is 10.3. The maximum atomic E-state index is 13.4. The second kappa shape index (κ2) is 13.9.